The minimum absolute atomic E-state index is 0.0274. The van der Waals surface area contributed by atoms with Gasteiger partial charge in [0, 0.05) is 6.42 Å². The van der Waals surface area contributed by atoms with Gasteiger partial charge < -0.3 is 0 Å². The van der Waals surface area contributed by atoms with Crippen LogP contribution in [-0.4, -0.2) is 15.6 Å². The van der Waals surface area contributed by atoms with Crippen LogP contribution in [0.5, 0.6) is 0 Å². The highest BCUT2D eigenvalue weighted by Crippen LogP contribution is 2.31. The van der Waals surface area contributed by atoms with Crippen molar-refractivity contribution in [3.05, 3.63) is 46.8 Å². The molecule has 0 bridgehead atoms. The Kier molecular flexibility index (Phi) is 3.24. The second-order valence-corrected chi connectivity index (χ2v) is 5.02. The highest BCUT2D eigenvalue weighted by Gasteiger charge is 2.31. The number of Topliss-reactive ketones (excluding diaryl/α,β-unsaturated/α-hetero) is 1. The van der Waals surface area contributed by atoms with Crippen LogP contribution in [-0.2, 0) is 12.6 Å². The molecule has 0 N–H and O–H groups in total. The van der Waals surface area contributed by atoms with Gasteiger partial charge in [0.2, 0.25) is 0 Å². The van der Waals surface area contributed by atoms with E-state index >= 15 is 0 Å². The number of fused-ring (bicyclic) bond motifs is 1. The van der Waals surface area contributed by atoms with E-state index in [-0.39, 0.29) is 11.5 Å². The highest BCUT2D eigenvalue weighted by atomic mass is 19.4. The molecule has 0 aliphatic heterocycles. The van der Waals surface area contributed by atoms with Crippen LogP contribution in [0.1, 0.15) is 40.2 Å². The number of carbonyl (C=O) groups excluding carboxylic acids is 1. The molecule has 0 amide bonds. The lowest BCUT2D eigenvalue weighted by atomic mass is 9.94. The van der Waals surface area contributed by atoms with Crippen molar-refractivity contribution < 1.29 is 18.0 Å². The summed E-state index contributed by atoms with van der Waals surface area (Å²) in [4.78, 5) is 11.9. The van der Waals surface area contributed by atoms with Gasteiger partial charge in [0.25, 0.3) is 0 Å². The van der Waals surface area contributed by atoms with Crippen LogP contribution in [0.25, 0.3) is 5.69 Å². The molecule has 1 aliphatic carbocycles. The zero-order chi connectivity index (χ0) is 15.9. The maximum atomic E-state index is 12.6. The smallest absolute Gasteiger partial charge is 0.294 e. The summed E-state index contributed by atoms with van der Waals surface area (Å²) in [6, 6.07) is 6.37. The first-order chi connectivity index (χ1) is 10.4. The molecule has 0 radical (unpaired) electrons. The number of carbonyl (C=O) groups is 1. The summed E-state index contributed by atoms with van der Waals surface area (Å²) in [5.41, 5.74) is 0.565. The van der Waals surface area contributed by atoms with E-state index < -0.39 is 11.7 Å². The lowest BCUT2D eigenvalue weighted by molar-refractivity contribution is -0.137. The van der Waals surface area contributed by atoms with Crippen LogP contribution in [0.2, 0.25) is 0 Å². The van der Waals surface area contributed by atoms with Crippen LogP contribution < -0.4 is 0 Å². The van der Waals surface area contributed by atoms with Gasteiger partial charge in [-0.05, 0) is 37.1 Å². The SMILES string of the molecule is N#Cc1nn(-c2ccc(C(F)(F)F)cc2)c2c1C(=O)CCC2. The number of aromatic nitrogens is 2. The first kappa shape index (κ1) is 14.3. The summed E-state index contributed by atoms with van der Waals surface area (Å²) in [6.45, 7) is 0. The molecule has 22 heavy (non-hydrogen) atoms. The molecule has 1 aliphatic rings. The Morgan fingerprint density at radius 3 is 2.45 bits per heavy atom. The van der Waals surface area contributed by atoms with Gasteiger partial charge >= 0.3 is 6.18 Å². The zero-order valence-electron chi connectivity index (χ0n) is 11.3. The number of halogens is 3. The Morgan fingerprint density at radius 2 is 1.86 bits per heavy atom. The molecular formula is C15H10F3N3O. The van der Waals surface area contributed by atoms with Gasteiger partial charge in [-0.3, -0.25) is 4.79 Å². The monoisotopic (exact) mass is 305 g/mol. The fourth-order valence-corrected chi connectivity index (χ4v) is 2.60. The van der Waals surface area contributed by atoms with Crippen molar-refractivity contribution in [3.63, 3.8) is 0 Å². The lowest BCUT2D eigenvalue weighted by Crippen LogP contribution is -2.13. The summed E-state index contributed by atoms with van der Waals surface area (Å²) in [7, 11) is 0. The van der Waals surface area contributed by atoms with Gasteiger partial charge in [0.15, 0.2) is 11.5 Å². The minimum Gasteiger partial charge on any atom is -0.294 e. The molecule has 112 valence electrons. The molecule has 7 heteroatoms. The predicted molar refractivity (Wildman–Crippen MR) is 70.5 cm³/mol. The van der Waals surface area contributed by atoms with E-state index in [4.69, 9.17) is 5.26 Å². The number of nitrogens with zero attached hydrogens (tertiary/aromatic N) is 3. The number of rotatable bonds is 1. The molecule has 0 unspecified atom stereocenters. The van der Waals surface area contributed by atoms with Gasteiger partial charge in [-0.2, -0.15) is 23.5 Å². The Balaban J connectivity index is 2.10. The summed E-state index contributed by atoms with van der Waals surface area (Å²) < 4.78 is 39.2. The predicted octanol–water partition coefficient (Wildman–Crippen LogP) is 3.28. The summed E-state index contributed by atoms with van der Waals surface area (Å²) >= 11 is 0. The van der Waals surface area contributed by atoms with Crippen LogP contribution >= 0.6 is 0 Å². The molecule has 0 saturated heterocycles. The number of hydrogen-bond acceptors (Lipinski definition) is 3. The lowest BCUT2D eigenvalue weighted by Gasteiger charge is -2.13. The van der Waals surface area contributed by atoms with Crippen molar-refractivity contribution in [1.29, 1.82) is 5.26 Å². The van der Waals surface area contributed by atoms with Gasteiger partial charge in [0.05, 0.1) is 22.5 Å². The average molecular weight is 305 g/mol. The van der Waals surface area contributed by atoms with Crippen molar-refractivity contribution in [3.8, 4) is 11.8 Å². The number of ketones is 1. The third-order valence-electron chi connectivity index (χ3n) is 3.62. The van der Waals surface area contributed by atoms with E-state index in [1.165, 1.54) is 16.8 Å². The first-order valence-electron chi connectivity index (χ1n) is 6.64. The van der Waals surface area contributed by atoms with Crippen LogP contribution in [0.4, 0.5) is 13.2 Å². The van der Waals surface area contributed by atoms with Gasteiger partial charge in [-0.25, -0.2) is 4.68 Å². The van der Waals surface area contributed by atoms with Crippen LogP contribution in [0, 0.1) is 11.3 Å². The van der Waals surface area contributed by atoms with Crippen molar-refractivity contribution in [1.82, 2.24) is 9.78 Å². The fraction of sp³-hybridized carbons (Fsp3) is 0.267. The van der Waals surface area contributed by atoms with Crippen LogP contribution in [0.15, 0.2) is 24.3 Å². The largest absolute Gasteiger partial charge is 0.416 e. The third kappa shape index (κ3) is 2.26. The zero-order valence-corrected chi connectivity index (χ0v) is 11.3. The molecular weight excluding hydrogens is 295 g/mol. The quantitative estimate of drug-likeness (QED) is 0.812. The van der Waals surface area contributed by atoms with Crippen molar-refractivity contribution in [2.24, 2.45) is 0 Å². The second-order valence-electron chi connectivity index (χ2n) is 5.02. The molecule has 1 aromatic heterocycles. The molecule has 2 aromatic rings. The molecule has 1 heterocycles. The number of alkyl halides is 3. The van der Waals surface area contributed by atoms with E-state index in [0.717, 1.165) is 12.1 Å². The fourth-order valence-electron chi connectivity index (χ4n) is 2.60. The summed E-state index contributed by atoms with van der Waals surface area (Å²) in [5, 5.41) is 13.2. The normalized spacial score (nSPS) is 14.5. The maximum Gasteiger partial charge on any atom is 0.416 e. The van der Waals surface area contributed by atoms with Crippen molar-refractivity contribution >= 4 is 5.78 Å². The standard InChI is InChI=1S/C15H10F3N3O/c16-15(17,18)9-4-6-10(7-5-9)21-12-2-1-3-13(22)14(12)11(8-19)20-21/h4-7H,1-3H2. The highest BCUT2D eigenvalue weighted by molar-refractivity contribution is 6.00. The third-order valence-corrected chi connectivity index (χ3v) is 3.62. The van der Waals surface area contributed by atoms with Gasteiger partial charge in [-0.15, -0.1) is 0 Å². The van der Waals surface area contributed by atoms with E-state index in [2.05, 4.69) is 5.10 Å². The van der Waals surface area contributed by atoms with E-state index in [1.807, 2.05) is 6.07 Å². The van der Waals surface area contributed by atoms with Crippen LogP contribution in [0.3, 0.4) is 0 Å². The second kappa shape index (κ2) is 4.98. The molecule has 1 aromatic carbocycles. The molecule has 4 nitrogen and oxygen atoms in total. The number of benzene rings is 1. The topological polar surface area (TPSA) is 58.7 Å². The van der Waals surface area contributed by atoms with E-state index in [9.17, 15) is 18.0 Å². The number of nitriles is 1. The van der Waals surface area contributed by atoms with Crippen molar-refractivity contribution in [2.45, 2.75) is 25.4 Å². The maximum absolute atomic E-state index is 12.6. The number of hydrogen-bond donors (Lipinski definition) is 0. The van der Waals surface area contributed by atoms with E-state index in [1.54, 1.807) is 0 Å². The minimum atomic E-state index is -4.41. The Bertz CT molecular complexity index is 782. The Morgan fingerprint density at radius 1 is 1.18 bits per heavy atom. The molecule has 0 atom stereocenters. The first-order valence-corrected chi connectivity index (χ1v) is 6.64. The van der Waals surface area contributed by atoms with Gasteiger partial charge in [-0.1, -0.05) is 0 Å². The van der Waals surface area contributed by atoms with E-state index in [0.29, 0.717) is 36.2 Å². The average Bonchev–Trinajstić information content (AvgIpc) is 2.87. The summed E-state index contributed by atoms with van der Waals surface area (Å²) in [5.74, 6) is -0.143. The van der Waals surface area contributed by atoms with Crippen molar-refractivity contribution in [2.75, 3.05) is 0 Å². The van der Waals surface area contributed by atoms with Gasteiger partial charge in [0.1, 0.15) is 6.07 Å². The molecule has 0 fully saturated rings. The Hall–Kier alpha value is -2.62. The summed E-state index contributed by atoms with van der Waals surface area (Å²) in [6.07, 6.45) is -2.84. The Labute approximate surface area is 123 Å². The molecule has 0 saturated carbocycles. The molecule has 3 rings (SSSR count). The molecule has 0 spiro atoms.